The van der Waals surface area contributed by atoms with E-state index in [-0.39, 0.29) is 11.5 Å². The number of hydrogen-bond donors (Lipinski definition) is 0. The van der Waals surface area contributed by atoms with E-state index in [0.717, 1.165) is 12.8 Å². The maximum absolute atomic E-state index is 12.2. The van der Waals surface area contributed by atoms with Crippen molar-refractivity contribution in [3.63, 3.8) is 0 Å². The molecule has 0 bridgehead atoms. The Morgan fingerprint density at radius 2 is 2.00 bits per heavy atom. The quantitative estimate of drug-likeness (QED) is 0.769. The molecule has 0 amide bonds. The van der Waals surface area contributed by atoms with Crippen LogP contribution >= 0.6 is 0 Å². The molecule has 0 atom stereocenters. The Bertz CT molecular complexity index is 470. The van der Waals surface area contributed by atoms with Gasteiger partial charge in [-0.1, -0.05) is 5.92 Å². The third-order valence-electron chi connectivity index (χ3n) is 2.51. The zero-order valence-corrected chi connectivity index (χ0v) is 9.46. The Labute approximate surface area is 103 Å². The van der Waals surface area contributed by atoms with Crippen LogP contribution < -0.4 is 9.47 Å². The minimum atomic E-state index is -4.74. The van der Waals surface area contributed by atoms with Crippen LogP contribution in [0.1, 0.15) is 18.4 Å². The Kier molecular flexibility index (Phi) is 3.37. The van der Waals surface area contributed by atoms with Crippen molar-refractivity contribution in [3.05, 3.63) is 23.8 Å². The second-order valence-electron chi connectivity index (χ2n) is 4.11. The zero-order valence-electron chi connectivity index (χ0n) is 9.46. The van der Waals surface area contributed by atoms with Crippen molar-refractivity contribution in [3.8, 4) is 23.8 Å². The van der Waals surface area contributed by atoms with Crippen molar-refractivity contribution in [2.75, 3.05) is 6.61 Å². The highest BCUT2D eigenvalue weighted by molar-refractivity contribution is 5.47. The molecular formula is C13H11F3O2. The predicted octanol–water partition coefficient (Wildman–Crippen LogP) is 3.36. The van der Waals surface area contributed by atoms with Crippen molar-refractivity contribution < 1.29 is 22.6 Å². The van der Waals surface area contributed by atoms with Gasteiger partial charge < -0.3 is 9.47 Å². The van der Waals surface area contributed by atoms with Crippen LogP contribution in [0.15, 0.2) is 18.2 Å². The minimum absolute atomic E-state index is 0.0367. The largest absolute Gasteiger partial charge is 0.573 e. The van der Waals surface area contributed by atoms with E-state index in [1.807, 2.05) is 0 Å². The summed E-state index contributed by atoms with van der Waals surface area (Å²) in [6.45, 7) is 0.391. The highest BCUT2D eigenvalue weighted by Crippen LogP contribution is 2.35. The maximum Gasteiger partial charge on any atom is 0.573 e. The molecule has 2 nitrogen and oxygen atoms in total. The van der Waals surface area contributed by atoms with Crippen LogP contribution in [0.2, 0.25) is 0 Å². The SMILES string of the molecule is C#Cc1ccc(OC(F)(F)F)c(OCC2CC2)c1. The first-order valence-corrected chi connectivity index (χ1v) is 5.47. The van der Waals surface area contributed by atoms with Gasteiger partial charge in [0.2, 0.25) is 0 Å². The summed E-state index contributed by atoms with van der Waals surface area (Å²) in [6, 6.07) is 3.93. The van der Waals surface area contributed by atoms with Gasteiger partial charge in [-0.05, 0) is 37.0 Å². The molecule has 1 aromatic carbocycles. The fourth-order valence-corrected chi connectivity index (χ4v) is 1.41. The van der Waals surface area contributed by atoms with Crippen LogP contribution in [0.3, 0.4) is 0 Å². The summed E-state index contributed by atoms with van der Waals surface area (Å²) < 4.78 is 45.8. The third-order valence-corrected chi connectivity index (χ3v) is 2.51. The summed E-state index contributed by atoms with van der Waals surface area (Å²) in [6.07, 6.45) is 2.55. The molecule has 0 N–H and O–H groups in total. The van der Waals surface area contributed by atoms with Gasteiger partial charge in [0.15, 0.2) is 11.5 Å². The molecule has 0 saturated heterocycles. The van der Waals surface area contributed by atoms with Crippen molar-refractivity contribution in [1.29, 1.82) is 0 Å². The molecule has 18 heavy (non-hydrogen) atoms. The summed E-state index contributed by atoms with van der Waals surface area (Å²) in [5.41, 5.74) is 0.454. The molecule has 1 aliphatic rings. The Balaban J connectivity index is 2.17. The van der Waals surface area contributed by atoms with E-state index in [9.17, 15) is 13.2 Å². The fourth-order valence-electron chi connectivity index (χ4n) is 1.41. The summed E-state index contributed by atoms with van der Waals surface area (Å²) >= 11 is 0. The fraction of sp³-hybridized carbons (Fsp3) is 0.385. The first kappa shape index (κ1) is 12.6. The van der Waals surface area contributed by atoms with Crippen LogP contribution in [-0.2, 0) is 0 Å². The normalized spacial score (nSPS) is 15.0. The molecule has 2 rings (SSSR count). The third kappa shape index (κ3) is 3.59. The van der Waals surface area contributed by atoms with E-state index in [1.54, 1.807) is 0 Å². The first-order chi connectivity index (χ1) is 8.48. The molecular weight excluding hydrogens is 245 g/mol. The van der Waals surface area contributed by atoms with E-state index < -0.39 is 6.36 Å². The second-order valence-corrected chi connectivity index (χ2v) is 4.11. The van der Waals surface area contributed by atoms with Crippen LogP contribution in [0.25, 0.3) is 0 Å². The molecule has 0 heterocycles. The molecule has 1 saturated carbocycles. The molecule has 96 valence electrons. The molecule has 1 aromatic rings. The lowest BCUT2D eigenvalue weighted by Gasteiger charge is -2.14. The number of hydrogen-bond acceptors (Lipinski definition) is 2. The van der Waals surface area contributed by atoms with Crippen LogP contribution in [0.4, 0.5) is 13.2 Å². The zero-order chi connectivity index (χ0) is 13.2. The molecule has 0 aliphatic heterocycles. The second kappa shape index (κ2) is 4.81. The lowest BCUT2D eigenvalue weighted by atomic mass is 10.2. The van der Waals surface area contributed by atoms with Gasteiger partial charge in [0.25, 0.3) is 0 Å². The topological polar surface area (TPSA) is 18.5 Å². The van der Waals surface area contributed by atoms with E-state index >= 15 is 0 Å². The predicted molar refractivity (Wildman–Crippen MR) is 59.3 cm³/mol. The maximum atomic E-state index is 12.2. The van der Waals surface area contributed by atoms with Crippen molar-refractivity contribution in [2.24, 2.45) is 5.92 Å². The number of halogens is 3. The van der Waals surface area contributed by atoms with Crippen molar-refractivity contribution in [2.45, 2.75) is 19.2 Å². The van der Waals surface area contributed by atoms with Gasteiger partial charge in [-0.15, -0.1) is 19.6 Å². The molecule has 1 fully saturated rings. The lowest BCUT2D eigenvalue weighted by molar-refractivity contribution is -0.275. The number of ether oxygens (including phenoxy) is 2. The summed E-state index contributed by atoms with van der Waals surface area (Å²) in [5, 5.41) is 0. The van der Waals surface area contributed by atoms with Gasteiger partial charge in [-0.25, -0.2) is 0 Å². The van der Waals surface area contributed by atoms with Crippen LogP contribution in [0, 0.1) is 18.3 Å². The standard InChI is InChI=1S/C13H11F3O2/c1-2-9-5-6-11(18-13(14,15)16)12(7-9)17-8-10-3-4-10/h1,5-7,10H,3-4,8H2. The minimum Gasteiger partial charge on any atom is -0.489 e. The molecule has 1 aliphatic carbocycles. The first-order valence-electron chi connectivity index (χ1n) is 5.47. The Morgan fingerprint density at radius 1 is 1.28 bits per heavy atom. The average Bonchev–Trinajstić information content (AvgIpc) is 3.09. The average molecular weight is 256 g/mol. The number of rotatable bonds is 4. The van der Waals surface area contributed by atoms with Gasteiger partial charge in [-0.2, -0.15) is 0 Å². The van der Waals surface area contributed by atoms with E-state index in [4.69, 9.17) is 11.2 Å². The van der Waals surface area contributed by atoms with Gasteiger partial charge >= 0.3 is 6.36 Å². The van der Waals surface area contributed by atoms with Gasteiger partial charge in [0.1, 0.15) is 0 Å². The van der Waals surface area contributed by atoms with Crippen molar-refractivity contribution in [1.82, 2.24) is 0 Å². The van der Waals surface area contributed by atoms with E-state index in [1.165, 1.54) is 18.2 Å². The van der Waals surface area contributed by atoms with Crippen LogP contribution in [-0.4, -0.2) is 13.0 Å². The molecule has 5 heteroatoms. The summed E-state index contributed by atoms with van der Waals surface area (Å²) in [5.74, 6) is 2.45. The van der Waals surface area contributed by atoms with Crippen molar-refractivity contribution >= 4 is 0 Å². The smallest absolute Gasteiger partial charge is 0.489 e. The Morgan fingerprint density at radius 3 is 2.56 bits per heavy atom. The van der Waals surface area contributed by atoms with Crippen LogP contribution in [0.5, 0.6) is 11.5 Å². The van der Waals surface area contributed by atoms with Gasteiger partial charge in [0, 0.05) is 5.56 Å². The van der Waals surface area contributed by atoms with Gasteiger partial charge in [0.05, 0.1) is 6.61 Å². The van der Waals surface area contributed by atoms with Gasteiger partial charge in [-0.3, -0.25) is 0 Å². The summed E-state index contributed by atoms with van der Waals surface area (Å²) in [4.78, 5) is 0. The highest BCUT2D eigenvalue weighted by atomic mass is 19.4. The molecule has 0 radical (unpaired) electrons. The number of benzene rings is 1. The molecule has 0 unspecified atom stereocenters. The monoisotopic (exact) mass is 256 g/mol. The number of alkyl halides is 3. The number of terminal acetylenes is 1. The highest BCUT2D eigenvalue weighted by Gasteiger charge is 2.33. The Hall–Kier alpha value is -1.83. The van der Waals surface area contributed by atoms with E-state index in [2.05, 4.69) is 10.7 Å². The lowest BCUT2D eigenvalue weighted by Crippen LogP contribution is -2.18. The van der Waals surface area contributed by atoms with E-state index in [0.29, 0.717) is 18.1 Å². The summed E-state index contributed by atoms with van der Waals surface area (Å²) in [7, 11) is 0. The molecule has 0 aromatic heterocycles. The molecule has 0 spiro atoms.